The molecule has 1 heterocycles. The largest absolute Gasteiger partial charge is 0.371 e. The van der Waals surface area contributed by atoms with Gasteiger partial charge >= 0.3 is 0 Å². The molecule has 0 bridgehead atoms. The molecule has 0 saturated heterocycles. The predicted octanol–water partition coefficient (Wildman–Crippen LogP) is 3.73. The highest BCUT2D eigenvalue weighted by Gasteiger charge is 2.15. The molecule has 2 rings (SSSR count). The Morgan fingerprint density at radius 3 is 2.67 bits per heavy atom. The van der Waals surface area contributed by atoms with Gasteiger partial charge in [-0.3, -0.25) is 0 Å². The lowest BCUT2D eigenvalue weighted by Crippen LogP contribution is -2.30. The molecule has 1 fully saturated rings. The first-order chi connectivity index (χ1) is 7.36. The maximum Gasteiger partial charge on any atom is 0.0442 e. The summed E-state index contributed by atoms with van der Waals surface area (Å²) < 4.78 is 0. The van der Waals surface area contributed by atoms with Crippen molar-refractivity contribution in [3.05, 3.63) is 24.4 Å². The van der Waals surface area contributed by atoms with Crippen LogP contribution < -0.4 is 0 Å². The van der Waals surface area contributed by atoms with Gasteiger partial charge in [0.05, 0.1) is 0 Å². The van der Waals surface area contributed by atoms with Crippen LogP contribution in [-0.4, -0.2) is 17.5 Å². The smallest absolute Gasteiger partial charge is 0.0442 e. The molecule has 1 heteroatoms. The zero-order chi connectivity index (χ0) is 10.5. The Labute approximate surface area is 93.9 Å². The Balaban J connectivity index is 1.72. The summed E-state index contributed by atoms with van der Waals surface area (Å²) in [6.07, 6.45) is 17.6. The highest BCUT2D eigenvalue weighted by Crippen LogP contribution is 2.26. The SMILES string of the molecule is CC1C=CC=CN1CCC1CCCCC1. The van der Waals surface area contributed by atoms with Crippen molar-refractivity contribution in [2.45, 2.75) is 51.5 Å². The lowest BCUT2D eigenvalue weighted by molar-refractivity contribution is 0.265. The number of allylic oxidation sites excluding steroid dienone is 2. The van der Waals surface area contributed by atoms with Crippen LogP contribution in [0, 0.1) is 5.92 Å². The second-order valence-corrected chi connectivity index (χ2v) is 5.00. The van der Waals surface area contributed by atoms with Gasteiger partial charge in [-0.05, 0) is 31.5 Å². The van der Waals surface area contributed by atoms with Gasteiger partial charge in [0, 0.05) is 12.6 Å². The third kappa shape index (κ3) is 3.12. The number of nitrogens with zero attached hydrogens (tertiary/aromatic N) is 1. The van der Waals surface area contributed by atoms with Gasteiger partial charge in [0.15, 0.2) is 0 Å². The summed E-state index contributed by atoms with van der Waals surface area (Å²) in [4.78, 5) is 2.47. The van der Waals surface area contributed by atoms with E-state index in [1.165, 1.54) is 45.1 Å². The van der Waals surface area contributed by atoms with Crippen molar-refractivity contribution in [1.29, 1.82) is 0 Å². The second-order valence-electron chi connectivity index (χ2n) is 5.00. The molecular formula is C14H23N. The standard InChI is InChI=1S/C14H23N/c1-13-7-5-6-11-15(13)12-10-14-8-3-2-4-9-14/h5-7,11,13-14H,2-4,8-10,12H2,1H3. The maximum atomic E-state index is 2.47. The number of hydrogen-bond donors (Lipinski definition) is 0. The van der Waals surface area contributed by atoms with E-state index >= 15 is 0 Å². The highest BCUT2D eigenvalue weighted by atomic mass is 15.1. The van der Waals surface area contributed by atoms with E-state index in [9.17, 15) is 0 Å². The van der Waals surface area contributed by atoms with Gasteiger partial charge in [0.2, 0.25) is 0 Å². The molecule has 0 aromatic carbocycles. The van der Waals surface area contributed by atoms with E-state index in [-0.39, 0.29) is 0 Å². The average molecular weight is 205 g/mol. The minimum absolute atomic E-state index is 0.596. The predicted molar refractivity (Wildman–Crippen MR) is 65.6 cm³/mol. The van der Waals surface area contributed by atoms with Crippen LogP contribution in [0.3, 0.4) is 0 Å². The summed E-state index contributed by atoms with van der Waals surface area (Å²) >= 11 is 0. The van der Waals surface area contributed by atoms with Crippen molar-refractivity contribution in [3.63, 3.8) is 0 Å². The van der Waals surface area contributed by atoms with Crippen LogP contribution >= 0.6 is 0 Å². The van der Waals surface area contributed by atoms with Crippen molar-refractivity contribution in [2.75, 3.05) is 6.54 Å². The summed E-state index contributed by atoms with van der Waals surface area (Å²) in [5.41, 5.74) is 0. The normalized spacial score (nSPS) is 27.3. The van der Waals surface area contributed by atoms with Gasteiger partial charge in [-0.15, -0.1) is 0 Å². The summed E-state index contributed by atoms with van der Waals surface area (Å²) in [6, 6.07) is 0.596. The summed E-state index contributed by atoms with van der Waals surface area (Å²) in [5.74, 6) is 1.00. The molecule has 1 unspecified atom stereocenters. The first kappa shape index (κ1) is 10.8. The van der Waals surface area contributed by atoms with E-state index in [0.29, 0.717) is 6.04 Å². The molecule has 0 N–H and O–H groups in total. The van der Waals surface area contributed by atoms with Gasteiger partial charge < -0.3 is 4.90 Å². The van der Waals surface area contributed by atoms with Crippen molar-refractivity contribution in [3.8, 4) is 0 Å². The van der Waals surface area contributed by atoms with Gasteiger partial charge in [0.1, 0.15) is 0 Å². The number of rotatable bonds is 3. The number of hydrogen-bond acceptors (Lipinski definition) is 1. The minimum Gasteiger partial charge on any atom is -0.371 e. The third-order valence-corrected chi connectivity index (χ3v) is 3.82. The van der Waals surface area contributed by atoms with Crippen LogP contribution in [0.1, 0.15) is 45.4 Å². The Morgan fingerprint density at radius 1 is 1.13 bits per heavy atom. The van der Waals surface area contributed by atoms with Crippen LogP contribution in [-0.2, 0) is 0 Å². The van der Waals surface area contributed by atoms with Gasteiger partial charge in [-0.2, -0.15) is 0 Å². The Kier molecular flexibility index (Phi) is 3.87. The monoisotopic (exact) mass is 205 g/mol. The zero-order valence-electron chi connectivity index (χ0n) is 9.86. The molecule has 0 spiro atoms. The fourth-order valence-corrected chi connectivity index (χ4v) is 2.72. The highest BCUT2D eigenvalue weighted by molar-refractivity contribution is 5.12. The van der Waals surface area contributed by atoms with Crippen LogP contribution in [0.2, 0.25) is 0 Å². The molecule has 1 aliphatic carbocycles. The summed E-state index contributed by atoms with van der Waals surface area (Å²) in [7, 11) is 0. The van der Waals surface area contributed by atoms with Gasteiger partial charge in [-0.25, -0.2) is 0 Å². The van der Waals surface area contributed by atoms with Crippen LogP contribution in [0.5, 0.6) is 0 Å². The van der Waals surface area contributed by atoms with E-state index in [4.69, 9.17) is 0 Å². The van der Waals surface area contributed by atoms with Crippen molar-refractivity contribution < 1.29 is 0 Å². The molecule has 1 aliphatic heterocycles. The lowest BCUT2D eigenvalue weighted by atomic mass is 9.87. The fourth-order valence-electron chi connectivity index (χ4n) is 2.72. The summed E-state index contributed by atoms with van der Waals surface area (Å²) in [6.45, 7) is 3.52. The molecule has 0 radical (unpaired) electrons. The topological polar surface area (TPSA) is 3.24 Å². The quantitative estimate of drug-likeness (QED) is 0.678. The van der Waals surface area contributed by atoms with E-state index in [2.05, 4.69) is 36.3 Å². The molecule has 1 atom stereocenters. The van der Waals surface area contributed by atoms with Crippen LogP contribution in [0.15, 0.2) is 24.4 Å². The average Bonchev–Trinajstić information content (AvgIpc) is 2.29. The van der Waals surface area contributed by atoms with Gasteiger partial charge in [-0.1, -0.05) is 44.3 Å². The molecule has 15 heavy (non-hydrogen) atoms. The van der Waals surface area contributed by atoms with Crippen molar-refractivity contribution in [2.24, 2.45) is 5.92 Å². The van der Waals surface area contributed by atoms with Crippen molar-refractivity contribution >= 4 is 0 Å². The molecule has 1 saturated carbocycles. The van der Waals surface area contributed by atoms with E-state index in [1.807, 2.05) is 0 Å². The summed E-state index contributed by atoms with van der Waals surface area (Å²) in [5, 5.41) is 0. The molecule has 84 valence electrons. The zero-order valence-corrected chi connectivity index (χ0v) is 9.86. The van der Waals surface area contributed by atoms with E-state index < -0.39 is 0 Å². The van der Waals surface area contributed by atoms with Crippen molar-refractivity contribution in [1.82, 2.24) is 4.90 Å². The maximum absolute atomic E-state index is 2.47. The Bertz CT molecular complexity index is 236. The fraction of sp³-hybridized carbons (Fsp3) is 0.714. The minimum atomic E-state index is 0.596. The molecular weight excluding hydrogens is 182 g/mol. The van der Waals surface area contributed by atoms with Crippen LogP contribution in [0.25, 0.3) is 0 Å². The molecule has 1 nitrogen and oxygen atoms in total. The third-order valence-electron chi connectivity index (χ3n) is 3.82. The molecule has 0 amide bonds. The lowest BCUT2D eigenvalue weighted by Gasteiger charge is -2.30. The Hall–Kier alpha value is -0.720. The van der Waals surface area contributed by atoms with Gasteiger partial charge in [0.25, 0.3) is 0 Å². The molecule has 2 aliphatic rings. The van der Waals surface area contributed by atoms with Crippen LogP contribution in [0.4, 0.5) is 0 Å². The Morgan fingerprint density at radius 2 is 1.93 bits per heavy atom. The molecule has 0 aromatic rings. The first-order valence-corrected chi connectivity index (χ1v) is 6.47. The first-order valence-electron chi connectivity index (χ1n) is 6.47. The molecule has 0 aromatic heterocycles. The second kappa shape index (κ2) is 5.39. The van der Waals surface area contributed by atoms with E-state index in [0.717, 1.165) is 5.92 Å². The van der Waals surface area contributed by atoms with E-state index in [1.54, 1.807) is 0 Å².